The molecule has 0 aliphatic heterocycles. The van der Waals surface area contributed by atoms with E-state index in [-0.39, 0.29) is 24.0 Å². The summed E-state index contributed by atoms with van der Waals surface area (Å²) in [6, 6.07) is 12.1. The lowest BCUT2D eigenvalue weighted by atomic mass is 10.3. The molecule has 1 aromatic heterocycles. The Morgan fingerprint density at radius 1 is 1.18 bits per heavy atom. The third-order valence-corrected chi connectivity index (χ3v) is 3.15. The zero-order chi connectivity index (χ0) is 14.9. The molecule has 120 valence electrons. The Morgan fingerprint density at radius 3 is 2.64 bits per heavy atom. The van der Waals surface area contributed by atoms with Gasteiger partial charge in [0.25, 0.3) is 0 Å². The first-order chi connectivity index (χ1) is 10.3. The molecule has 0 aliphatic carbocycles. The number of hydrogen-bond donors (Lipinski definition) is 2. The summed E-state index contributed by atoms with van der Waals surface area (Å²) < 4.78 is 1.88. The van der Waals surface area contributed by atoms with Crippen LogP contribution in [0.5, 0.6) is 0 Å². The molecular weight excluding hydrogens is 389 g/mol. The maximum absolute atomic E-state index is 4.55. The summed E-state index contributed by atoms with van der Waals surface area (Å²) in [5.74, 6) is 0.817. The number of unbranched alkanes of at least 4 members (excludes halogenated alkanes) is 1. The lowest BCUT2D eigenvalue weighted by Gasteiger charge is -2.10. The Kier molecular flexibility index (Phi) is 8.57. The van der Waals surface area contributed by atoms with Crippen LogP contribution in [0.3, 0.4) is 0 Å². The fraction of sp³-hybridized carbons (Fsp3) is 0.375. The second kappa shape index (κ2) is 10.2. The van der Waals surface area contributed by atoms with Crippen LogP contribution in [-0.4, -0.2) is 29.3 Å². The largest absolute Gasteiger partial charge is 0.356 e. The van der Waals surface area contributed by atoms with Crippen LogP contribution < -0.4 is 10.6 Å². The van der Waals surface area contributed by atoms with Gasteiger partial charge in [0.2, 0.25) is 0 Å². The molecule has 2 aromatic rings. The fourth-order valence-corrected chi connectivity index (χ4v) is 1.96. The Morgan fingerprint density at radius 2 is 1.95 bits per heavy atom. The van der Waals surface area contributed by atoms with Crippen LogP contribution in [0, 0.1) is 0 Å². The van der Waals surface area contributed by atoms with Crippen LogP contribution in [-0.2, 0) is 6.54 Å². The molecular formula is C16H24IN5. The van der Waals surface area contributed by atoms with Crippen molar-refractivity contribution in [3.05, 3.63) is 48.3 Å². The number of rotatable bonds is 6. The van der Waals surface area contributed by atoms with Crippen molar-refractivity contribution < 1.29 is 0 Å². The minimum Gasteiger partial charge on any atom is -0.356 e. The summed E-state index contributed by atoms with van der Waals surface area (Å²) in [6.45, 7) is 3.77. The molecule has 0 radical (unpaired) electrons. The molecule has 1 aromatic carbocycles. The van der Waals surface area contributed by atoms with Gasteiger partial charge in [-0.25, -0.2) is 4.68 Å². The van der Waals surface area contributed by atoms with Crippen LogP contribution in [0.2, 0.25) is 0 Å². The summed E-state index contributed by atoms with van der Waals surface area (Å²) in [7, 11) is 1.78. The molecule has 0 saturated heterocycles. The number of para-hydroxylation sites is 1. The van der Waals surface area contributed by atoms with E-state index in [0.717, 1.165) is 30.3 Å². The van der Waals surface area contributed by atoms with E-state index in [1.807, 2.05) is 47.3 Å². The number of guanidine groups is 1. The number of nitrogens with zero attached hydrogens (tertiary/aromatic N) is 3. The average molecular weight is 413 g/mol. The average Bonchev–Trinajstić information content (AvgIpc) is 3.00. The van der Waals surface area contributed by atoms with Crippen molar-refractivity contribution >= 4 is 29.9 Å². The summed E-state index contributed by atoms with van der Waals surface area (Å²) in [5.41, 5.74) is 2.05. The number of nitrogens with one attached hydrogen (secondary N) is 2. The molecule has 5 nitrogen and oxygen atoms in total. The van der Waals surface area contributed by atoms with E-state index < -0.39 is 0 Å². The summed E-state index contributed by atoms with van der Waals surface area (Å²) in [4.78, 5) is 4.20. The highest BCUT2D eigenvalue weighted by Crippen LogP contribution is 2.06. The molecule has 0 fully saturated rings. The van der Waals surface area contributed by atoms with Crippen LogP contribution in [0.4, 0.5) is 0 Å². The molecule has 0 saturated carbocycles. The van der Waals surface area contributed by atoms with E-state index in [0.29, 0.717) is 6.54 Å². The van der Waals surface area contributed by atoms with Gasteiger partial charge >= 0.3 is 0 Å². The molecule has 0 bridgehead atoms. The van der Waals surface area contributed by atoms with E-state index in [4.69, 9.17) is 0 Å². The Labute approximate surface area is 149 Å². The molecule has 2 N–H and O–H groups in total. The first-order valence-electron chi connectivity index (χ1n) is 7.38. The van der Waals surface area contributed by atoms with E-state index in [2.05, 4.69) is 27.6 Å². The number of benzene rings is 1. The van der Waals surface area contributed by atoms with Crippen molar-refractivity contribution in [1.29, 1.82) is 0 Å². The zero-order valence-corrected chi connectivity index (χ0v) is 15.5. The summed E-state index contributed by atoms with van der Waals surface area (Å²) >= 11 is 0. The lowest BCUT2D eigenvalue weighted by Crippen LogP contribution is -2.37. The van der Waals surface area contributed by atoms with Gasteiger partial charge in [-0.3, -0.25) is 4.99 Å². The van der Waals surface area contributed by atoms with E-state index in [1.54, 1.807) is 7.05 Å². The molecule has 0 spiro atoms. The smallest absolute Gasteiger partial charge is 0.191 e. The van der Waals surface area contributed by atoms with Crippen molar-refractivity contribution in [2.45, 2.75) is 26.3 Å². The number of aromatic nitrogens is 2. The van der Waals surface area contributed by atoms with Crippen LogP contribution in [0.15, 0.2) is 47.6 Å². The highest BCUT2D eigenvalue weighted by atomic mass is 127. The fourth-order valence-electron chi connectivity index (χ4n) is 1.96. The molecule has 0 atom stereocenters. The third-order valence-electron chi connectivity index (χ3n) is 3.15. The molecule has 6 heteroatoms. The van der Waals surface area contributed by atoms with Gasteiger partial charge in [-0.1, -0.05) is 31.5 Å². The number of aliphatic imine (C=N–C) groups is 1. The Hall–Kier alpha value is -1.57. The quantitative estimate of drug-likeness (QED) is 0.332. The first kappa shape index (κ1) is 18.5. The number of hydrogen-bond acceptors (Lipinski definition) is 2. The predicted molar refractivity (Wildman–Crippen MR) is 102 cm³/mol. The zero-order valence-electron chi connectivity index (χ0n) is 13.1. The van der Waals surface area contributed by atoms with E-state index in [9.17, 15) is 0 Å². The van der Waals surface area contributed by atoms with Gasteiger partial charge < -0.3 is 10.6 Å². The van der Waals surface area contributed by atoms with Crippen LogP contribution in [0.25, 0.3) is 5.69 Å². The molecule has 0 aliphatic rings. The van der Waals surface area contributed by atoms with E-state index in [1.165, 1.54) is 6.42 Å². The summed E-state index contributed by atoms with van der Waals surface area (Å²) in [5, 5.41) is 11.1. The van der Waals surface area contributed by atoms with Gasteiger partial charge in [0, 0.05) is 19.8 Å². The van der Waals surface area contributed by atoms with Gasteiger partial charge in [0.15, 0.2) is 5.96 Å². The molecule has 2 rings (SSSR count). The first-order valence-corrected chi connectivity index (χ1v) is 7.38. The van der Waals surface area contributed by atoms with Crippen molar-refractivity contribution in [1.82, 2.24) is 20.4 Å². The molecule has 0 unspecified atom stereocenters. The highest BCUT2D eigenvalue weighted by molar-refractivity contribution is 14.0. The topological polar surface area (TPSA) is 54.2 Å². The van der Waals surface area contributed by atoms with Crippen LogP contribution >= 0.6 is 24.0 Å². The van der Waals surface area contributed by atoms with Gasteiger partial charge in [-0.2, -0.15) is 5.10 Å². The SMILES string of the molecule is CCCCNC(=NC)NCc1ccn(-c2ccccc2)n1.I. The maximum atomic E-state index is 4.55. The number of halogens is 1. The molecule has 0 amide bonds. The second-order valence-electron chi connectivity index (χ2n) is 4.79. The second-order valence-corrected chi connectivity index (χ2v) is 4.79. The van der Waals surface area contributed by atoms with Gasteiger partial charge in [0.1, 0.15) is 0 Å². The van der Waals surface area contributed by atoms with Gasteiger partial charge in [-0.05, 0) is 24.6 Å². The minimum atomic E-state index is 0. The maximum Gasteiger partial charge on any atom is 0.191 e. The minimum absolute atomic E-state index is 0. The highest BCUT2D eigenvalue weighted by Gasteiger charge is 2.02. The Balaban J connectivity index is 0.00000242. The van der Waals surface area contributed by atoms with E-state index >= 15 is 0 Å². The predicted octanol–water partition coefficient (Wildman–Crippen LogP) is 2.96. The monoisotopic (exact) mass is 413 g/mol. The molecule has 1 heterocycles. The standard InChI is InChI=1S/C16H23N5.HI/c1-3-4-11-18-16(17-2)19-13-14-10-12-21(20-14)15-8-6-5-7-9-15;/h5-10,12H,3-4,11,13H2,1-2H3,(H2,17,18,19);1H. The van der Waals surface area contributed by atoms with Gasteiger partial charge in [-0.15, -0.1) is 24.0 Å². The summed E-state index contributed by atoms with van der Waals surface area (Å²) in [6.07, 6.45) is 4.29. The van der Waals surface area contributed by atoms with Crippen molar-refractivity contribution in [3.8, 4) is 5.69 Å². The van der Waals surface area contributed by atoms with Crippen molar-refractivity contribution in [2.24, 2.45) is 4.99 Å². The van der Waals surface area contributed by atoms with Gasteiger partial charge in [0.05, 0.1) is 17.9 Å². The lowest BCUT2D eigenvalue weighted by molar-refractivity contribution is 0.721. The van der Waals surface area contributed by atoms with Crippen molar-refractivity contribution in [2.75, 3.05) is 13.6 Å². The molecule has 22 heavy (non-hydrogen) atoms. The third kappa shape index (κ3) is 5.67. The normalized spacial score (nSPS) is 10.9. The van der Waals surface area contributed by atoms with Crippen LogP contribution in [0.1, 0.15) is 25.5 Å². The Bertz CT molecular complexity index is 565. The van der Waals surface area contributed by atoms with Crippen molar-refractivity contribution in [3.63, 3.8) is 0 Å².